The fourth-order valence-electron chi connectivity index (χ4n) is 1.98. The Morgan fingerprint density at radius 3 is 2.57 bits per heavy atom. The highest BCUT2D eigenvalue weighted by Crippen LogP contribution is 2.23. The van der Waals surface area contributed by atoms with E-state index >= 15 is 0 Å². The summed E-state index contributed by atoms with van der Waals surface area (Å²) >= 11 is 5.93. The van der Waals surface area contributed by atoms with Gasteiger partial charge in [-0.25, -0.2) is 8.42 Å². The monoisotopic (exact) mass is 353 g/mol. The fraction of sp³-hybridized carbons (Fsp3) is 0.200. The van der Waals surface area contributed by atoms with Crippen molar-refractivity contribution in [3.8, 4) is 0 Å². The number of anilines is 1. The number of aromatic nitrogens is 1. The molecule has 8 heteroatoms. The van der Waals surface area contributed by atoms with Gasteiger partial charge in [0.2, 0.25) is 10.0 Å². The minimum absolute atomic E-state index is 0.0380. The summed E-state index contributed by atoms with van der Waals surface area (Å²) in [6.45, 7) is -0.0602. The number of pyridine rings is 1. The van der Waals surface area contributed by atoms with Crippen LogP contribution in [0.3, 0.4) is 0 Å². The maximum atomic E-state index is 12.1. The number of Topliss-reactive ketones (excluding diaryl/α,β-unsaturated/α-hetero) is 1. The van der Waals surface area contributed by atoms with E-state index in [2.05, 4.69) is 4.98 Å². The van der Waals surface area contributed by atoms with E-state index in [9.17, 15) is 13.2 Å². The van der Waals surface area contributed by atoms with Gasteiger partial charge in [-0.15, -0.1) is 0 Å². The van der Waals surface area contributed by atoms with Crippen LogP contribution in [0.4, 0.5) is 5.69 Å². The Bertz CT molecular complexity index is 807. The molecular formula is C15H16ClN3O3S. The summed E-state index contributed by atoms with van der Waals surface area (Å²) in [5, 5.41) is 0.438. The molecule has 0 aliphatic rings. The average Bonchev–Trinajstić information content (AvgIpc) is 2.51. The fourth-order valence-corrected chi connectivity index (χ4v) is 3.03. The molecule has 0 saturated heterocycles. The van der Waals surface area contributed by atoms with Crippen LogP contribution in [-0.4, -0.2) is 32.0 Å². The molecule has 6 nitrogen and oxygen atoms in total. The van der Waals surface area contributed by atoms with Crippen molar-refractivity contribution in [1.82, 2.24) is 4.98 Å². The van der Waals surface area contributed by atoms with Crippen molar-refractivity contribution in [2.24, 2.45) is 5.73 Å². The Hall–Kier alpha value is -1.96. The van der Waals surface area contributed by atoms with Gasteiger partial charge in [0, 0.05) is 16.8 Å². The minimum Gasteiger partial charge on any atom is -0.324 e. The maximum absolute atomic E-state index is 12.1. The van der Waals surface area contributed by atoms with Crippen LogP contribution in [0.2, 0.25) is 5.02 Å². The molecule has 2 aromatic rings. The molecular weight excluding hydrogens is 338 g/mol. The van der Waals surface area contributed by atoms with E-state index in [-0.39, 0.29) is 18.9 Å². The molecule has 0 bridgehead atoms. The van der Waals surface area contributed by atoms with Crippen molar-refractivity contribution in [3.05, 3.63) is 58.9 Å². The van der Waals surface area contributed by atoms with Crippen molar-refractivity contribution in [3.63, 3.8) is 0 Å². The smallest absolute Gasteiger partial charge is 0.232 e. The van der Waals surface area contributed by atoms with Gasteiger partial charge in [-0.1, -0.05) is 17.7 Å². The van der Waals surface area contributed by atoms with E-state index in [1.54, 1.807) is 36.4 Å². The lowest BCUT2D eigenvalue weighted by Crippen LogP contribution is -2.29. The molecule has 122 valence electrons. The topological polar surface area (TPSA) is 93.4 Å². The Kier molecular flexibility index (Phi) is 5.35. The van der Waals surface area contributed by atoms with Crippen LogP contribution in [0.25, 0.3) is 0 Å². The van der Waals surface area contributed by atoms with Gasteiger partial charge in [0.05, 0.1) is 30.7 Å². The zero-order valence-corrected chi connectivity index (χ0v) is 14.0. The standard InChI is InChI=1S/C15H16ClN3O3S/c1-23(21,22)19(14-4-2-3-12(16)7-14)10-13-6-5-11(9-18-13)15(20)8-17/h2-7,9H,8,10,17H2,1H3. The SMILES string of the molecule is CS(=O)(=O)N(Cc1ccc(C(=O)CN)cn1)c1cccc(Cl)c1. The molecule has 0 aliphatic carbocycles. The van der Waals surface area contributed by atoms with Crippen LogP contribution >= 0.6 is 11.6 Å². The number of hydrogen-bond donors (Lipinski definition) is 1. The first-order valence-electron chi connectivity index (χ1n) is 6.72. The van der Waals surface area contributed by atoms with E-state index in [4.69, 9.17) is 17.3 Å². The van der Waals surface area contributed by atoms with E-state index < -0.39 is 10.0 Å². The highest BCUT2D eigenvalue weighted by molar-refractivity contribution is 7.92. The highest BCUT2D eigenvalue weighted by atomic mass is 35.5. The van der Waals surface area contributed by atoms with Crippen LogP contribution in [0.1, 0.15) is 16.1 Å². The number of hydrogen-bond acceptors (Lipinski definition) is 5. The molecule has 23 heavy (non-hydrogen) atoms. The molecule has 2 rings (SSSR count). The molecule has 0 amide bonds. The lowest BCUT2D eigenvalue weighted by molar-refractivity contribution is 0.100. The van der Waals surface area contributed by atoms with Crippen LogP contribution in [-0.2, 0) is 16.6 Å². The lowest BCUT2D eigenvalue weighted by Gasteiger charge is -2.22. The lowest BCUT2D eigenvalue weighted by atomic mass is 10.2. The Morgan fingerprint density at radius 1 is 1.30 bits per heavy atom. The van der Waals surface area contributed by atoms with Gasteiger partial charge < -0.3 is 5.73 Å². The zero-order valence-electron chi connectivity index (χ0n) is 12.4. The van der Waals surface area contributed by atoms with Gasteiger partial charge >= 0.3 is 0 Å². The van der Waals surface area contributed by atoms with Gasteiger partial charge in [-0.05, 0) is 30.3 Å². The van der Waals surface area contributed by atoms with E-state index in [1.165, 1.54) is 10.5 Å². The zero-order chi connectivity index (χ0) is 17.0. The quantitative estimate of drug-likeness (QED) is 0.800. The van der Waals surface area contributed by atoms with Gasteiger partial charge in [0.1, 0.15) is 0 Å². The number of ketones is 1. The van der Waals surface area contributed by atoms with Gasteiger partial charge in [-0.2, -0.15) is 0 Å². The number of benzene rings is 1. The first-order chi connectivity index (χ1) is 10.8. The third-order valence-corrected chi connectivity index (χ3v) is 4.51. The molecule has 0 radical (unpaired) electrons. The van der Waals surface area contributed by atoms with Crippen LogP contribution in [0.5, 0.6) is 0 Å². The van der Waals surface area contributed by atoms with Crippen LogP contribution in [0.15, 0.2) is 42.6 Å². The highest BCUT2D eigenvalue weighted by Gasteiger charge is 2.19. The van der Waals surface area contributed by atoms with Crippen molar-refractivity contribution < 1.29 is 13.2 Å². The first kappa shape index (κ1) is 17.4. The molecule has 0 saturated carbocycles. The molecule has 2 N–H and O–H groups in total. The third-order valence-electron chi connectivity index (χ3n) is 3.13. The number of halogens is 1. The normalized spacial score (nSPS) is 11.3. The van der Waals surface area contributed by atoms with Gasteiger partial charge in [0.25, 0.3) is 0 Å². The number of nitrogens with two attached hydrogens (primary N) is 1. The van der Waals surface area contributed by atoms with Crippen LogP contribution in [0, 0.1) is 0 Å². The van der Waals surface area contributed by atoms with E-state index in [0.717, 1.165) is 6.26 Å². The summed E-state index contributed by atoms with van der Waals surface area (Å²) in [7, 11) is -3.52. The molecule has 1 aromatic carbocycles. The molecule has 0 atom stereocenters. The molecule has 0 fully saturated rings. The van der Waals surface area contributed by atoms with Gasteiger partial charge in [-0.3, -0.25) is 14.1 Å². The largest absolute Gasteiger partial charge is 0.324 e. The summed E-state index contributed by atoms with van der Waals surface area (Å²) < 4.78 is 25.3. The number of nitrogens with zero attached hydrogens (tertiary/aromatic N) is 2. The van der Waals surface area contributed by atoms with Crippen molar-refractivity contribution in [2.45, 2.75) is 6.54 Å². The maximum Gasteiger partial charge on any atom is 0.232 e. The molecule has 0 spiro atoms. The second-order valence-corrected chi connectivity index (χ2v) is 7.26. The summed E-state index contributed by atoms with van der Waals surface area (Å²) in [5.41, 5.74) is 6.64. The molecule has 1 aromatic heterocycles. The summed E-state index contributed by atoms with van der Waals surface area (Å²) in [6.07, 6.45) is 2.50. The minimum atomic E-state index is -3.52. The number of rotatable bonds is 6. The molecule has 1 heterocycles. The molecule has 0 aliphatic heterocycles. The Morgan fingerprint density at radius 2 is 2.04 bits per heavy atom. The van der Waals surface area contributed by atoms with Crippen molar-refractivity contribution in [2.75, 3.05) is 17.1 Å². The average molecular weight is 354 g/mol. The number of sulfonamides is 1. The third kappa shape index (κ3) is 4.51. The number of carbonyl (C=O) groups excluding carboxylic acids is 1. The number of carbonyl (C=O) groups is 1. The predicted molar refractivity (Wildman–Crippen MR) is 90.1 cm³/mol. The molecule has 0 unspecified atom stereocenters. The van der Waals surface area contributed by atoms with E-state index in [1.807, 2.05) is 0 Å². The van der Waals surface area contributed by atoms with Crippen molar-refractivity contribution >= 4 is 33.1 Å². The van der Waals surface area contributed by atoms with E-state index in [0.29, 0.717) is 22.0 Å². The Labute approximate surface area is 139 Å². The van der Waals surface area contributed by atoms with Crippen molar-refractivity contribution in [1.29, 1.82) is 0 Å². The van der Waals surface area contributed by atoms with Crippen LogP contribution < -0.4 is 10.0 Å². The summed E-state index contributed by atoms with van der Waals surface area (Å²) in [6, 6.07) is 9.74. The summed E-state index contributed by atoms with van der Waals surface area (Å²) in [5.74, 6) is -0.223. The predicted octanol–water partition coefficient (Wildman–Crippen LogP) is 1.84. The van der Waals surface area contributed by atoms with Gasteiger partial charge in [0.15, 0.2) is 5.78 Å². The summed E-state index contributed by atoms with van der Waals surface area (Å²) in [4.78, 5) is 15.6. The second kappa shape index (κ2) is 7.08. The first-order valence-corrected chi connectivity index (χ1v) is 8.95. The Balaban J connectivity index is 2.31. The second-order valence-electron chi connectivity index (χ2n) is 4.92.